The molecule has 8 heavy (non-hydrogen) atoms. The molecule has 0 radical (unpaired) electrons. The summed E-state index contributed by atoms with van der Waals surface area (Å²) < 4.78 is 0. The summed E-state index contributed by atoms with van der Waals surface area (Å²) in [5, 5.41) is 0. The minimum atomic E-state index is 0.826. The number of hydrogen-bond donors (Lipinski definition) is 0. The van der Waals surface area contributed by atoms with Crippen molar-refractivity contribution in [2.75, 3.05) is 7.05 Å². The van der Waals surface area contributed by atoms with Crippen LogP contribution in [0.2, 0.25) is 0 Å². The van der Waals surface area contributed by atoms with Gasteiger partial charge in [0, 0.05) is 18.8 Å². The van der Waals surface area contributed by atoms with Crippen LogP contribution in [0.25, 0.3) is 0 Å². The van der Waals surface area contributed by atoms with Crippen molar-refractivity contribution in [3.05, 3.63) is 11.6 Å². The summed E-state index contributed by atoms with van der Waals surface area (Å²) in [6, 6.07) is 0. The maximum atomic E-state index is 5.06. The fourth-order valence-corrected chi connectivity index (χ4v) is 0.334. The van der Waals surface area contributed by atoms with E-state index in [1.165, 1.54) is 0 Å². The van der Waals surface area contributed by atoms with Crippen LogP contribution in [0.5, 0.6) is 0 Å². The summed E-state index contributed by atoms with van der Waals surface area (Å²) in [4.78, 5) is 3.74. The second-order valence-electron chi connectivity index (χ2n) is 1.28. The van der Waals surface area contributed by atoms with Crippen molar-refractivity contribution in [3.8, 4) is 12.3 Å². The maximum absolute atomic E-state index is 5.06. The molecule has 0 heterocycles. The van der Waals surface area contributed by atoms with Gasteiger partial charge < -0.3 is 0 Å². The second kappa shape index (κ2) is 4.14. The van der Waals surface area contributed by atoms with Crippen molar-refractivity contribution in [3.63, 3.8) is 0 Å². The van der Waals surface area contributed by atoms with E-state index in [0.717, 1.165) is 5.57 Å². The first-order valence-corrected chi connectivity index (χ1v) is 2.40. The van der Waals surface area contributed by atoms with Gasteiger partial charge >= 0.3 is 0 Å². The van der Waals surface area contributed by atoms with Gasteiger partial charge in [-0.25, -0.2) is 0 Å². The molecule has 0 N–H and O–H groups in total. The largest absolute Gasteiger partial charge is 0.295 e. The zero-order valence-electron chi connectivity index (χ0n) is 5.18. The van der Waals surface area contributed by atoms with Gasteiger partial charge in [-0.2, -0.15) is 0 Å². The summed E-state index contributed by atoms with van der Waals surface area (Å²) in [5.41, 5.74) is 0.826. The predicted octanol–water partition coefficient (Wildman–Crippen LogP) is 1.27. The molecule has 0 rings (SSSR count). The molecule has 0 bridgehead atoms. The lowest BCUT2D eigenvalue weighted by molar-refractivity contribution is 1.47. The lowest BCUT2D eigenvalue weighted by Crippen LogP contribution is -1.76. The molecule has 0 amide bonds. The Kier molecular flexibility index (Phi) is 3.60. The molecule has 0 aliphatic heterocycles. The first-order chi connectivity index (χ1) is 3.85. The van der Waals surface area contributed by atoms with E-state index in [-0.39, 0.29) is 0 Å². The normalized spacial score (nSPS) is 11.9. The number of hydrogen-bond acceptors (Lipinski definition) is 1. The number of terminal acetylenes is 1. The Balaban J connectivity index is 3.98. The summed E-state index contributed by atoms with van der Waals surface area (Å²) in [7, 11) is 1.70. The molecule has 0 spiro atoms. The quantitative estimate of drug-likeness (QED) is 0.353. The van der Waals surface area contributed by atoms with E-state index in [1.807, 2.05) is 13.0 Å². The van der Waals surface area contributed by atoms with Crippen molar-refractivity contribution in [1.82, 2.24) is 0 Å². The standard InChI is InChI=1S/C7H9N/c1-4-7(5-2)6-8-3/h1,5-6H,2-3H3/b7-5-,8-6?. The van der Waals surface area contributed by atoms with Crippen LogP contribution in [0, 0.1) is 12.3 Å². The van der Waals surface area contributed by atoms with Gasteiger partial charge in [0.15, 0.2) is 0 Å². The van der Waals surface area contributed by atoms with E-state index in [0.29, 0.717) is 0 Å². The average molecular weight is 107 g/mol. The average Bonchev–Trinajstić information content (AvgIpc) is 1.83. The molecule has 0 saturated heterocycles. The fraction of sp³-hybridized carbons (Fsp3) is 0.286. The minimum Gasteiger partial charge on any atom is -0.295 e. The highest BCUT2D eigenvalue weighted by Gasteiger charge is 1.76. The van der Waals surface area contributed by atoms with Crippen molar-refractivity contribution >= 4 is 6.21 Å². The van der Waals surface area contributed by atoms with E-state index in [1.54, 1.807) is 13.3 Å². The summed E-state index contributed by atoms with van der Waals surface area (Å²) in [6.45, 7) is 1.89. The van der Waals surface area contributed by atoms with Crippen LogP contribution >= 0.6 is 0 Å². The van der Waals surface area contributed by atoms with E-state index in [2.05, 4.69) is 10.9 Å². The molecule has 0 aliphatic rings. The molecule has 1 nitrogen and oxygen atoms in total. The van der Waals surface area contributed by atoms with Crippen molar-refractivity contribution in [2.45, 2.75) is 6.92 Å². The number of nitrogens with zero attached hydrogens (tertiary/aromatic N) is 1. The molecule has 1 heteroatoms. The van der Waals surface area contributed by atoms with Gasteiger partial charge in [0.1, 0.15) is 0 Å². The van der Waals surface area contributed by atoms with Crippen LogP contribution < -0.4 is 0 Å². The molecule has 0 aliphatic carbocycles. The third kappa shape index (κ3) is 2.20. The second-order valence-corrected chi connectivity index (χ2v) is 1.28. The molecule has 42 valence electrons. The van der Waals surface area contributed by atoms with Gasteiger partial charge in [-0.05, 0) is 6.92 Å². The van der Waals surface area contributed by atoms with Crippen LogP contribution in [-0.4, -0.2) is 13.3 Å². The Morgan fingerprint density at radius 2 is 2.38 bits per heavy atom. The highest BCUT2D eigenvalue weighted by atomic mass is 14.6. The van der Waals surface area contributed by atoms with E-state index < -0.39 is 0 Å². The highest BCUT2D eigenvalue weighted by molar-refractivity contribution is 5.83. The zero-order valence-corrected chi connectivity index (χ0v) is 5.18. The Hall–Kier alpha value is -1.03. The lowest BCUT2D eigenvalue weighted by Gasteiger charge is -1.80. The number of allylic oxidation sites excluding steroid dienone is 2. The molecule has 0 atom stereocenters. The van der Waals surface area contributed by atoms with Crippen LogP contribution in [0.4, 0.5) is 0 Å². The van der Waals surface area contributed by atoms with Gasteiger partial charge in [-0.1, -0.05) is 12.0 Å². The third-order valence-electron chi connectivity index (χ3n) is 0.746. The predicted molar refractivity (Wildman–Crippen MR) is 37.0 cm³/mol. The van der Waals surface area contributed by atoms with E-state index in [4.69, 9.17) is 6.42 Å². The topological polar surface area (TPSA) is 12.4 Å². The summed E-state index contributed by atoms with van der Waals surface area (Å²) in [6.07, 6.45) is 8.55. The first-order valence-electron chi connectivity index (χ1n) is 2.40. The fourth-order valence-electron chi connectivity index (χ4n) is 0.334. The van der Waals surface area contributed by atoms with Crippen LogP contribution in [0.1, 0.15) is 6.92 Å². The molecular formula is C7H9N. The lowest BCUT2D eigenvalue weighted by atomic mass is 10.3. The summed E-state index contributed by atoms with van der Waals surface area (Å²) >= 11 is 0. The smallest absolute Gasteiger partial charge is 0.0378 e. The Bertz CT molecular complexity index is 146. The van der Waals surface area contributed by atoms with Gasteiger partial charge in [-0.3, -0.25) is 4.99 Å². The molecule has 0 aromatic carbocycles. The van der Waals surface area contributed by atoms with Gasteiger partial charge in [0.05, 0.1) is 0 Å². The Morgan fingerprint density at radius 3 is 2.50 bits per heavy atom. The zero-order chi connectivity index (χ0) is 6.41. The van der Waals surface area contributed by atoms with Crippen LogP contribution in [0.15, 0.2) is 16.6 Å². The number of rotatable bonds is 1. The number of aliphatic imine (C=N–C) groups is 1. The molecule has 0 fully saturated rings. The Morgan fingerprint density at radius 1 is 1.75 bits per heavy atom. The Labute approximate surface area is 50.1 Å². The van der Waals surface area contributed by atoms with Gasteiger partial charge in [-0.15, -0.1) is 6.42 Å². The van der Waals surface area contributed by atoms with Crippen molar-refractivity contribution in [2.24, 2.45) is 4.99 Å². The van der Waals surface area contributed by atoms with E-state index in [9.17, 15) is 0 Å². The SMILES string of the molecule is C#C/C(C=NC)=C/C. The molecule has 0 aromatic rings. The first kappa shape index (κ1) is 6.97. The molecule has 0 saturated carbocycles. The van der Waals surface area contributed by atoms with Crippen LogP contribution in [0.3, 0.4) is 0 Å². The summed E-state index contributed by atoms with van der Waals surface area (Å²) in [5.74, 6) is 2.46. The third-order valence-corrected chi connectivity index (χ3v) is 0.746. The van der Waals surface area contributed by atoms with Crippen molar-refractivity contribution in [1.29, 1.82) is 0 Å². The minimum absolute atomic E-state index is 0.826. The molecule has 0 aromatic heterocycles. The maximum Gasteiger partial charge on any atom is 0.0378 e. The van der Waals surface area contributed by atoms with Gasteiger partial charge in [0.2, 0.25) is 0 Å². The van der Waals surface area contributed by atoms with Crippen LogP contribution in [-0.2, 0) is 0 Å². The molecule has 0 unspecified atom stereocenters. The van der Waals surface area contributed by atoms with Gasteiger partial charge in [0.25, 0.3) is 0 Å². The highest BCUT2D eigenvalue weighted by Crippen LogP contribution is 1.83. The van der Waals surface area contributed by atoms with Crippen molar-refractivity contribution < 1.29 is 0 Å². The monoisotopic (exact) mass is 107 g/mol. The molecular weight excluding hydrogens is 98.1 g/mol. The van der Waals surface area contributed by atoms with E-state index >= 15 is 0 Å².